The van der Waals surface area contributed by atoms with Crippen molar-refractivity contribution in [1.82, 2.24) is 9.97 Å². The zero-order valence-corrected chi connectivity index (χ0v) is 9.23. The third-order valence-corrected chi connectivity index (χ3v) is 1.90. The summed E-state index contributed by atoms with van der Waals surface area (Å²) in [5, 5.41) is 2.89. The number of rotatable bonds is 4. The highest BCUT2D eigenvalue weighted by molar-refractivity contribution is 5.36. The van der Waals surface area contributed by atoms with Gasteiger partial charge < -0.3 is 5.32 Å². The molecule has 0 aliphatic heterocycles. The fourth-order valence-electron chi connectivity index (χ4n) is 1.26. The standard InChI is InChI=1S/C10H14F3N3/c1-3-7-5-8(14-4-2)16-9(15-7)6-10(11,12)13/h5H,3-4,6H2,1-2H3,(H,14,15,16). The summed E-state index contributed by atoms with van der Waals surface area (Å²) in [7, 11) is 0. The second kappa shape index (κ2) is 5.14. The maximum absolute atomic E-state index is 12.2. The van der Waals surface area contributed by atoms with Crippen LogP contribution in [0, 0.1) is 0 Å². The molecule has 0 atom stereocenters. The number of alkyl halides is 3. The molecule has 16 heavy (non-hydrogen) atoms. The Hall–Kier alpha value is -1.33. The van der Waals surface area contributed by atoms with E-state index >= 15 is 0 Å². The van der Waals surface area contributed by atoms with Gasteiger partial charge in [-0.05, 0) is 13.3 Å². The Morgan fingerprint density at radius 3 is 2.44 bits per heavy atom. The summed E-state index contributed by atoms with van der Waals surface area (Å²) in [5.74, 6) is 0.274. The van der Waals surface area contributed by atoms with Crippen molar-refractivity contribution in [2.45, 2.75) is 32.9 Å². The monoisotopic (exact) mass is 233 g/mol. The van der Waals surface area contributed by atoms with Gasteiger partial charge in [0.25, 0.3) is 0 Å². The normalized spacial score (nSPS) is 11.6. The van der Waals surface area contributed by atoms with Crippen LogP contribution >= 0.6 is 0 Å². The number of nitrogens with one attached hydrogen (secondary N) is 1. The molecule has 0 fully saturated rings. The van der Waals surface area contributed by atoms with E-state index in [1.807, 2.05) is 13.8 Å². The molecule has 0 amide bonds. The summed E-state index contributed by atoms with van der Waals surface area (Å²) < 4.78 is 36.6. The fraction of sp³-hybridized carbons (Fsp3) is 0.600. The van der Waals surface area contributed by atoms with Gasteiger partial charge in [-0.2, -0.15) is 13.2 Å². The summed E-state index contributed by atoms with van der Waals surface area (Å²) in [6.45, 7) is 4.32. The van der Waals surface area contributed by atoms with Crippen LogP contribution in [-0.2, 0) is 12.8 Å². The molecule has 0 bridgehead atoms. The topological polar surface area (TPSA) is 37.8 Å². The number of anilines is 1. The smallest absolute Gasteiger partial charge is 0.370 e. The Kier molecular flexibility index (Phi) is 4.09. The lowest BCUT2D eigenvalue weighted by Gasteiger charge is -2.09. The molecule has 0 radical (unpaired) electrons. The zero-order valence-electron chi connectivity index (χ0n) is 9.23. The lowest BCUT2D eigenvalue weighted by molar-refractivity contribution is -0.128. The van der Waals surface area contributed by atoms with Crippen molar-refractivity contribution in [3.63, 3.8) is 0 Å². The number of hydrogen-bond acceptors (Lipinski definition) is 3. The van der Waals surface area contributed by atoms with Crippen molar-refractivity contribution in [2.75, 3.05) is 11.9 Å². The van der Waals surface area contributed by atoms with Crippen molar-refractivity contribution in [3.05, 3.63) is 17.6 Å². The highest BCUT2D eigenvalue weighted by Crippen LogP contribution is 2.20. The van der Waals surface area contributed by atoms with Crippen LogP contribution in [0.1, 0.15) is 25.4 Å². The van der Waals surface area contributed by atoms with Crippen LogP contribution in [-0.4, -0.2) is 22.7 Å². The molecule has 0 spiro atoms. The van der Waals surface area contributed by atoms with Gasteiger partial charge in [0.1, 0.15) is 18.1 Å². The molecule has 6 heteroatoms. The van der Waals surface area contributed by atoms with Gasteiger partial charge in [-0.15, -0.1) is 0 Å². The first-order valence-electron chi connectivity index (χ1n) is 5.12. The van der Waals surface area contributed by atoms with Gasteiger partial charge >= 0.3 is 6.18 Å². The highest BCUT2D eigenvalue weighted by Gasteiger charge is 2.29. The van der Waals surface area contributed by atoms with E-state index in [1.165, 1.54) is 0 Å². The fourth-order valence-corrected chi connectivity index (χ4v) is 1.26. The zero-order chi connectivity index (χ0) is 12.2. The second-order valence-corrected chi connectivity index (χ2v) is 3.34. The van der Waals surface area contributed by atoms with Crippen LogP contribution in [0.4, 0.5) is 19.0 Å². The Bertz CT molecular complexity index is 350. The van der Waals surface area contributed by atoms with Gasteiger partial charge in [-0.1, -0.05) is 6.92 Å². The first-order chi connectivity index (χ1) is 7.44. The number of nitrogens with zero attached hydrogens (tertiary/aromatic N) is 2. The molecule has 3 nitrogen and oxygen atoms in total. The molecular weight excluding hydrogens is 219 g/mol. The molecule has 90 valence electrons. The molecule has 0 unspecified atom stereocenters. The third-order valence-electron chi connectivity index (χ3n) is 1.90. The van der Waals surface area contributed by atoms with E-state index in [4.69, 9.17) is 0 Å². The van der Waals surface area contributed by atoms with Gasteiger partial charge in [0.05, 0.1) is 0 Å². The Labute approximate surface area is 92.1 Å². The molecule has 1 aromatic rings. The Morgan fingerprint density at radius 1 is 1.25 bits per heavy atom. The minimum absolute atomic E-state index is 0.178. The molecular formula is C10H14F3N3. The number of aromatic nitrogens is 2. The predicted octanol–water partition coefficient (Wildman–Crippen LogP) is 2.58. The van der Waals surface area contributed by atoms with E-state index in [1.54, 1.807) is 6.07 Å². The first-order valence-corrected chi connectivity index (χ1v) is 5.12. The average Bonchev–Trinajstić information content (AvgIpc) is 2.15. The quantitative estimate of drug-likeness (QED) is 0.868. The van der Waals surface area contributed by atoms with Gasteiger partial charge in [-0.25, -0.2) is 9.97 Å². The SMILES string of the molecule is CCNc1cc(CC)nc(CC(F)(F)F)n1. The average molecular weight is 233 g/mol. The number of aryl methyl sites for hydroxylation is 1. The maximum atomic E-state index is 12.2. The van der Waals surface area contributed by atoms with Gasteiger partial charge in [0.2, 0.25) is 0 Å². The Balaban J connectivity index is 2.95. The van der Waals surface area contributed by atoms with Crippen LogP contribution in [0.15, 0.2) is 6.07 Å². The van der Waals surface area contributed by atoms with E-state index < -0.39 is 12.6 Å². The molecule has 1 N–H and O–H groups in total. The van der Waals surface area contributed by atoms with E-state index in [9.17, 15) is 13.2 Å². The molecule has 1 heterocycles. The maximum Gasteiger partial charge on any atom is 0.396 e. The number of hydrogen-bond donors (Lipinski definition) is 1. The van der Waals surface area contributed by atoms with Gasteiger partial charge in [0, 0.05) is 18.3 Å². The first kappa shape index (κ1) is 12.7. The van der Waals surface area contributed by atoms with Crippen molar-refractivity contribution in [1.29, 1.82) is 0 Å². The lowest BCUT2D eigenvalue weighted by atomic mass is 10.3. The molecule has 1 rings (SSSR count). The summed E-state index contributed by atoms with van der Waals surface area (Å²) in [4.78, 5) is 7.66. The molecule has 0 saturated heterocycles. The molecule has 0 aliphatic carbocycles. The van der Waals surface area contributed by atoms with Crippen molar-refractivity contribution < 1.29 is 13.2 Å². The van der Waals surface area contributed by atoms with Crippen molar-refractivity contribution in [2.24, 2.45) is 0 Å². The third kappa shape index (κ3) is 4.04. The summed E-state index contributed by atoms with van der Waals surface area (Å²) in [6, 6.07) is 1.67. The van der Waals surface area contributed by atoms with Crippen LogP contribution in [0.2, 0.25) is 0 Å². The molecule has 0 aliphatic rings. The van der Waals surface area contributed by atoms with Gasteiger partial charge in [-0.3, -0.25) is 0 Å². The summed E-state index contributed by atoms with van der Waals surface area (Å²) in [6.07, 6.45) is -4.76. The molecule has 0 saturated carbocycles. The molecule has 1 aromatic heterocycles. The van der Waals surface area contributed by atoms with Crippen molar-refractivity contribution >= 4 is 5.82 Å². The van der Waals surface area contributed by atoms with Crippen LogP contribution in [0.3, 0.4) is 0 Å². The minimum Gasteiger partial charge on any atom is -0.370 e. The second-order valence-electron chi connectivity index (χ2n) is 3.34. The van der Waals surface area contributed by atoms with E-state index in [0.717, 1.165) is 0 Å². The highest BCUT2D eigenvalue weighted by atomic mass is 19.4. The van der Waals surface area contributed by atoms with Crippen LogP contribution in [0.25, 0.3) is 0 Å². The Morgan fingerprint density at radius 2 is 1.94 bits per heavy atom. The van der Waals surface area contributed by atoms with Crippen LogP contribution < -0.4 is 5.32 Å². The largest absolute Gasteiger partial charge is 0.396 e. The summed E-state index contributed by atoms with van der Waals surface area (Å²) in [5.41, 5.74) is 0.616. The molecule has 0 aromatic carbocycles. The van der Waals surface area contributed by atoms with Crippen LogP contribution in [0.5, 0.6) is 0 Å². The predicted molar refractivity (Wildman–Crippen MR) is 55.3 cm³/mol. The van der Waals surface area contributed by atoms with Gasteiger partial charge in [0.15, 0.2) is 0 Å². The van der Waals surface area contributed by atoms with E-state index in [-0.39, 0.29) is 5.82 Å². The van der Waals surface area contributed by atoms with Crippen molar-refractivity contribution in [3.8, 4) is 0 Å². The summed E-state index contributed by atoms with van der Waals surface area (Å²) >= 11 is 0. The minimum atomic E-state index is -4.27. The van der Waals surface area contributed by atoms with E-state index in [0.29, 0.717) is 24.5 Å². The van der Waals surface area contributed by atoms with E-state index in [2.05, 4.69) is 15.3 Å². The number of halogens is 3. The lowest BCUT2D eigenvalue weighted by Crippen LogP contribution is -2.16.